The van der Waals surface area contributed by atoms with E-state index in [0.29, 0.717) is 52.9 Å². The van der Waals surface area contributed by atoms with Crippen LogP contribution in [0.3, 0.4) is 0 Å². The summed E-state index contributed by atoms with van der Waals surface area (Å²) in [5.41, 5.74) is 0. The quantitative estimate of drug-likeness (QED) is 0.0777. The van der Waals surface area contributed by atoms with Gasteiger partial charge in [-0.15, -0.1) is 0 Å². The highest BCUT2D eigenvalue weighted by Gasteiger charge is 1.96. The fraction of sp³-hybridized carbons (Fsp3) is 1.00. The highest BCUT2D eigenvalue weighted by Crippen LogP contribution is 2.13. The Balaban J connectivity index is 3.00. The molecule has 0 rings (SSSR count). The van der Waals surface area contributed by atoms with Crippen LogP contribution in [0.1, 0.15) is 142 Å². The molecule has 0 spiro atoms. The minimum absolute atomic E-state index is 0.608. The minimum Gasteiger partial charge on any atom is -0.379 e. The molecule has 0 aliphatic rings. The summed E-state index contributed by atoms with van der Waals surface area (Å²) in [7, 11) is 0. The summed E-state index contributed by atoms with van der Waals surface area (Å²) in [6.07, 6.45) is 27.3. The maximum absolute atomic E-state index is 5.67. The Labute approximate surface area is 232 Å². The minimum atomic E-state index is 0.608. The van der Waals surface area contributed by atoms with E-state index in [9.17, 15) is 0 Å². The van der Waals surface area contributed by atoms with E-state index in [1.165, 1.54) is 122 Å². The molecular formula is C32H66O5. The zero-order valence-corrected chi connectivity index (χ0v) is 25.3. The lowest BCUT2D eigenvalue weighted by molar-refractivity contribution is -0.0114. The van der Waals surface area contributed by atoms with Crippen LogP contribution in [-0.4, -0.2) is 66.1 Å². The number of hydrogen-bond donors (Lipinski definition) is 0. The third-order valence-corrected chi connectivity index (χ3v) is 6.77. The van der Waals surface area contributed by atoms with Crippen molar-refractivity contribution in [1.82, 2.24) is 0 Å². The van der Waals surface area contributed by atoms with Crippen molar-refractivity contribution >= 4 is 0 Å². The third kappa shape index (κ3) is 35.8. The molecule has 0 saturated heterocycles. The third-order valence-electron chi connectivity index (χ3n) is 6.77. The van der Waals surface area contributed by atoms with Gasteiger partial charge in [0.15, 0.2) is 0 Å². The molecule has 224 valence electrons. The van der Waals surface area contributed by atoms with Gasteiger partial charge >= 0.3 is 0 Å². The number of ether oxygens (including phenoxy) is 5. The van der Waals surface area contributed by atoms with Crippen molar-refractivity contribution in [1.29, 1.82) is 0 Å². The van der Waals surface area contributed by atoms with Gasteiger partial charge in [-0.25, -0.2) is 0 Å². The lowest BCUT2D eigenvalue weighted by Crippen LogP contribution is -2.13. The lowest BCUT2D eigenvalue weighted by atomic mass is 10.0. The van der Waals surface area contributed by atoms with Gasteiger partial charge in [-0.3, -0.25) is 0 Å². The zero-order chi connectivity index (χ0) is 26.7. The van der Waals surface area contributed by atoms with Gasteiger partial charge in [-0.2, -0.15) is 0 Å². The topological polar surface area (TPSA) is 46.2 Å². The van der Waals surface area contributed by atoms with Crippen LogP contribution in [0.25, 0.3) is 0 Å². The van der Waals surface area contributed by atoms with Gasteiger partial charge in [0.25, 0.3) is 0 Å². The Morgan fingerprint density at radius 3 is 0.649 bits per heavy atom. The van der Waals surface area contributed by atoms with Crippen LogP contribution in [0, 0.1) is 0 Å². The van der Waals surface area contributed by atoms with Crippen molar-refractivity contribution in [3.8, 4) is 0 Å². The number of unbranched alkanes of at least 4 members (excludes halogenated alkanes) is 18. The first-order valence-electron chi connectivity index (χ1n) is 16.3. The van der Waals surface area contributed by atoms with E-state index in [1.807, 2.05) is 0 Å². The largest absolute Gasteiger partial charge is 0.379 e. The molecule has 0 heterocycles. The summed E-state index contributed by atoms with van der Waals surface area (Å²) in [5.74, 6) is 0. The standard InChI is InChI=1S/C32H66O5/c1-3-5-7-9-11-12-13-14-15-16-17-18-20-22-24-34-26-28-36-30-32-37-31-29-35-27-25-33-23-21-19-10-8-6-4-2/h3-32H2,1-2H3. The molecule has 0 aliphatic heterocycles. The molecule has 0 aromatic rings. The fourth-order valence-corrected chi connectivity index (χ4v) is 4.36. The normalized spacial score (nSPS) is 11.5. The fourth-order valence-electron chi connectivity index (χ4n) is 4.36. The van der Waals surface area contributed by atoms with Gasteiger partial charge in [-0.1, -0.05) is 129 Å². The summed E-state index contributed by atoms with van der Waals surface area (Å²) in [5, 5.41) is 0. The monoisotopic (exact) mass is 530 g/mol. The van der Waals surface area contributed by atoms with E-state index in [0.717, 1.165) is 19.6 Å². The first-order valence-corrected chi connectivity index (χ1v) is 16.3. The molecule has 0 saturated carbocycles. The Morgan fingerprint density at radius 2 is 0.405 bits per heavy atom. The molecular weight excluding hydrogens is 464 g/mol. The SMILES string of the molecule is CCCCCCCCCCCCCCCCOCCOCCOCCOCCOCCCCCCCC. The lowest BCUT2D eigenvalue weighted by Gasteiger charge is -2.08. The van der Waals surface area contributed by atoms with E-state index in [1.54, 1.807) is 0 Å². The number of rotatable bonds is 34. The molecule has 37 heavy (non-hydrogen) atoms. The van der Waals surface area contributed by atoms with Crippen molar-refractivity contribution in [2.45, 2.75) is 142 Å². The van der Waals surface area contributed by atoms with Crippen molar-refractivity contribution in [2.24, 2.45) is 0 Å². The smallest absolute Gasteiger partial charge is 0.0701 e. The predicted octanol–water partition coefficient (Wildman–Crippen LogP) is 8.91. The summed E-state index contributed by atoms with van der Waals surface area (Å²) >= 11 is 0. The van der Waals surface area contributed by atoms with Crippen molar-refractivity contribution in [3.63, 3.8) is 0 Å². The van der Waals surface area contributed by atoms with Crippen molar-refractivity contribution in [3.05, 3.63) is 0 Å². The highest BCUT2D eigenvalue weighted by atomic mass is 16.6. The van der Waals surface area contributed by atoms with Gasteiger partial charge in [0.05, 0.1) is 52.9 Å². The van der Waals surface area contributed by atoms with Crippen LogP contribution < -0.4 is 0 Å². The second kappa shape index (κ2) is 35.8. The summed E-state index contributed by atoms with van der Waals surface area (Å²) < 4.78 is 27.9. The van der Waals surface area contributed by atoms with E-state index in [2.05, 4.69) is 13.8 Å². The second-order valence-corrected chi connectivity index (χ2v) is 10.4. The molecule has 5 heteroatoms. The van der Waals surface area contributed by atoms with Gasteiger partial charge in [0.1, 0.15) is 0 Å². The average molecular weight is 531 g/mol. The zero-order valence-electron chi connectivity index (χ0n) is 25.3. The molecule has 0 fully saturated rings. The predicted molar refractivity (Wildman–Crippen MR) is 158 cm³/mol. The van der Waals surface area contributed by atoms with Crippen LogP contribution in [0.5, 0.6) is 0 Å². The van der Waals surface area contributed by atoms with Crippen LogP contribution >= 0.6 is 0 Å². The molecule has 0 radical (unpaired) electrons. The Kier molecular flexibility index (Phi) is 35.6. The summed E-state index contributed by atoms with van der Waals surface area (Å²) in [6, 6.07) is 0. The molecule has 0 aromatic heterocycles. The molecule has 0 amide bonds. The van der Waals surface area contributed by atoms with Gasteiger partial charge in [0.2, 0.25) is 0 Å². The van der Waals surface area contributed by atoms with Gasteiger partial charge in [-0.05, 0) is 12.8 Å². The average Bonchev–Trinajstić information content (AvgIpc) is 2.91. The molecule has 5 nitrogen and oxygen atoms in total. The molecule has 0 N–H and O–H groups in total. The van der Waals surface area contributed by atoms with Gasteiger partial charge in [0, 0.05) is 13.2 Å². The second-order valence-electron chi connectivity index (χ2n) is 10.4. The van der Waals surface area contributed by atoms with Crippen LogP contribution in [0.2, 0.25) is 0 Å². The van der Waals surface area contributed by atoms with Crippen LogP contribution in [0.4, 0.5) is 0 Å². The van der Waals surface area contributed by atoms with Crippen LogP contribution in [0.15, 0.2) is 0 Å². The first kappa shape index (κ1) is 36.8. The van der Waals surface area contributed by atoms with E-state index >= 15 is 0 Å². The molecule has 0 unspecified atom stereocenters. The van der Waals surface area contributed by atoms with E-state index in [4.69, 9.17) is 23.7 Å². The molecule has 0 atom stereocenters. The molecule has 0 aromatic carbocycles. The van der Waals surface area contributed by atoms with E-state index in [-0.39, 0.29) is 0 Å². The van der Waals surface area contributed by atoms with Crippen molar-refractivity contribution < 1.29 is 23.7 Å². The molecule has 0 bridgehead atoms. The van der Waals surface area contributed by atoms with Gasteiger partial charge < -0.3 is 23.7 Å². The summed E-state index contributed by atoms with van der Waals surface area (Å²) in [4.78, 5) is 0. The molecule has 0 aliphatic carbocycles. The van der Waals surface area contributed by atoms with Crippen molar-refractivity contribution in [2.75, 3.05) is 66.1 Å². The Hall–Kier alpha value is -0.200. The maximum atomic E-state index is 5.67. The van der Waals surface area contributed by atoms with E-state index < -0.39 is 0 Å². The number of hydrogen-bond acceptors (Lipinski definition) is 5. The Bertz CT molecular complexity index is 346. The first-order chi connectivity index (χ1) is 18.4. The van der Waals surface area contributed by atoms with Crippen LogP contribution in [-0.2, 0) is 23.7 Å². The summed E-state index contributed by atoms with van der Waals surface area (Å²) in [6.45, 7) is 11.3. The Morgan fingerprint density at radius 1 is 0.216 bits per heavy atom. The highest BCUT2D eigenvalue weighted by molar-refractivity contribution is 4.49. The maximum Gasteiger partial charge on any atom is 0.0701 e.